The van der Waals surface area contributed by atoms with Crippen LogP contribution in [-0.2, 0) is 10.4 Å². The third-order valence-corrected chi connectivity index (χ3v) is 4.78. The number of carbonyl (C=O) groups is 1. The summed E-state index contributed by atoms with van der Waals surface area (Å²) in [5.41, 5.74) is -2.06. The summed E-state index contributed by atoms with van der Waals surface area (Å²) in [6.45, 7) is 0. The summed E-state index contributed by atoms with van der Waals surface area (Å²) in [5.74, 6) is -6.23. The van der Waals surface area contributed by atoms with Crippen LogP contribution in [0.15, 0.2) is 12.1 Å². The number of aliphatic hydroxyl groups is 1. The minimum atomic E-state index is -1.90. The van der Waals surface area contributed by atoms with Crippen molar-refractivity contribution in [3.63, 3.8) is 0 Å². The second kappa shape index (κ2) is 4.50. The van der Waals surface area contributed by atoms with Gasteiger partial charge in [-0.2, -0.15) is 5.26 Å². The molecule has 0 spiro atoms. The molecule has 0 aliphatic heterocycles. The fourth-order valence-corrected chi connectivity index (χ4v) is 3.81. The van der Waals surface area contributed by atoms with Crippen molar-refractivity contribution in [3.8, 4) is 11.8 Å². The molecule has 3 rings (SSSR count). The molecule has 110 valence electrons. The van der Waals surface area contributed by atoms with Crippen LogP contribution in [0.3, 0.4) is 0 Å². The maximum atomic E-state index is 13.6. The zero-order chi connectivity index (χ0) is 15.4. The number of nitriles is 1. The van der Waals surface area contributed by atoms with Crippen molar-refractivity contribution in [2.24, 2.45) is 17.8 Å². The van der Waals surface area contributed by atoms with E-state index >= 15 is 0 Å². The Morgan fingerprint density at radius 2 is 1.90 bits per heavy atom. The van der Waals surface area contributed by atoms with Gasteiger partial charge in [-0.1, -0.05) is 6.42 Å². The standard InChI is InChI=1S/C15H13F2NO3/c16-11-4-7(5-12(17)14(11)20)15(21)9-3-1-2-8(9)13(19)10(15)6-18/h4-5,8-10,20-21H,1-3H2/t8?,9?,10?,15-/m1/s1. The van der Waals surface area contributed by atoms with E-state index < -0.39 is 40.7 Å². The van der Waals surface area contributed by atoms with Gasteiger partial charge in [0.05, 0.1) is 6.07 Å². The van der Waals surface area contributed by atoms with Gasteiger partial charge in [-0.05, 0) is 30.5 Å². The monoisotopic (exact) mass is 293 g/mol. The summed E-state index contributed by atoms with van der Waals surface area (Å²) in [7, 11) is 0. The number of aromatic hydroxyl groups is 1. The summed E-state index contributed by atoms with van der Waals surface area (Å²) in [6, 6.07) is 3.38. The molecule has 21 heavy (non-hydrogen) atoms. The summed E-state index contributed by atoms with van der Waals surface area (Å²) in [5, 5.41) is 29.3. The molecule has 2 N–H and O–H groups in total. The Hall–Kier alpha value is -2.00. The highest BCUT2D eigenvalue weighted by molar-refractivity contribution is 5.90. The molecule has 0 saturated heterocycles. The fourth-order valence-electron chi connectivity index (χ4n) is 3.81. The van der Waals surface area contributed by atoms with E-state index in [0.717, 1.165) is 18.6 Å². The number of phenolic OH excluding ortho intramolecular Hbond substituents is 1. The number of hydrogen-bond acceptors (Lipinski definition) is 4. The number of nitrogens with zero attached hydrogens (tertiary/aromatic N) is 1. The largest absolute Gasteiger partial charge is 0.503 e. The Kier molecular flexibility index (Phi) is 2.99. The number of halogens is 2. The van der Waals surface area contributed by atoms with Crippen LogP contribution in [0.25, 0.3) is 0 Å². The molecule has 2 saturated carbocycles. The number of phenols is 1. The first-order valence-electron chi connectivity index (χ1n) is 6.75. The number of carbonyl (C=O) groups excluding carboxylic acids is 1. The van der Waals surface area contributed by atoms with E-state index in [0.29, 0.717) is 12.8 Å². The normalized spacial score (nSPS) is 34.8. The average molecular weight is 293 g/mol. The molecule has 1 aromatic carbocycles. The third kappa shape index (κ3) is 1.70. The highest BCUT2D eigenvalue weighted by Gasteiger charge is 2.62. The number of hydrogen-bond donors (Lipinski definition) is 2. The summed E-state index contributed by atoms with van der Waals surface area (Å²) in [4.78, 5) is 12.2. The van der Waals surface area contributed by atoms with Crippen LogP contribution in [0.4, 0.5) is 8.78 Å². The SMILES string of the molecule is N#CC1C(=O)C2CCCC2[C@]1(O)c1cc(F)c(O)c(F)c1. The lowest BCUT2D eigenvalue weighted by atomic mass is 9.77. The van der Waals surface area contributed by atoms with E-state index in [-0.39, 0.29) is 11.3 Å². The van der Waals surface area contributed by atoms with Crippen LogP contribution in [0.2, 0.25) is 0 Å². The van der Waals surface area contributed by atoms with E-state index in [9.17, 15) is 23.9 Å². The number of benzene rings is 1. The lowest BCUT2D eigenvalue weighted by molar-refractivity contribution is -0.124. The molecule has 0 bridgehead atoms. The summed E-state index contributed by atoms with van der Waals surface area (Å²) < 4.78 is 27.1. The van der Waals surface area contributed by atoms with E-state index in [1.165, 1.54) is 0 Å². The number of ketones is 1. The highest BCUT2D eigenvalue weighted by atomic mass is 19.1. The number of rotatable bonds is 1. The van der Waals surface area contributed by atoms with Crippen LogP contribution < -0.4 is 0 Å². The van der Waals surface area contributed by atoms with Crippen LogP contribution in [0.5, 0.6) is 5.75 Å². The summed E-state index contributed by atoms with van der Waals surface area (Å²) >= 11 is 0. The summed E-state index contributed by atoms with van der Waals surface area (Å²) in [6.07, 6.45) is 1.83. The zero-order valence-electron chi connectivity index (χ0n) is 11.0. The fraction of sp³-hybridized carbons (Fsp3) is 0.467. The van der Waals surface area contributed by atoms with Crippen LogP contribution >= 0.6 is 0 Å². The first kappa shape index (κ1) is 14.0. The molecular weight excluding hydrogens is 280 g/mol. The second-order valence-corrected chi connectivity index (χ2v) is 5.72. The van der Waals surface area contributed by atoms with Crippen molar-refractivity contribution in [3.05, 3.63) is 29.3 Å². The molecule has 0 aromatic heterocycles. The molecule has 4 nitrogen and oxygen atoms in total. The highest BCUT2D eigenvalue weighted by Crippen LogP contribution is 2.55. The van der Waals surface area contributed by atoms with Crippen LogP contribution in [0, 0.1) is 40.7 Å². The predicted molar refractivity (Wildman–Crippen MR) is 66.9 cm³/mol. The molecule has 3 unspecified atom stereocenters. The Morgan fingerprint density at radius 1 is 1.29 bits per heavy atom. The molecule has 0 amide bonds. The number of fused-ring (bicyclic) bond motifs is 1. The van der Waals surface area contributed by atoms with Gasteiger partial charge in [0.2, 0.25) is 0 Å². The lowest BCUT2D eigenvalue weighted by Crippen LogP contribution is -2.37. The first-order valence-corrected chi connectivity index (χ1v) is 6.75. The molecule has 2 aliphatic carbocycles. The van der Waals surface area contributed by atoms with Gasteiger partial charge in [0, 0.05) is 11.8 Å². The lowest BCUT2D eigenvalue weighted by Gasteiger charge is -2.31. The molecule has 4 atom stereocenters. The van der Waals surface area contributed by atoms with Crippen molar-refractivity contribution < 1.29 is 23.8 Å². The Labute approximate surface area is 119 Å². The quantitative estimate of drug-likeness (QED) is 0.829. The Bertz CT molecular complexity index is 646. The maximum absolute atomic E-state index is 13.6. The second-order valence-electron chi connectivity index (χ2n) is 5.72. The molecular formula is C15H13F2NO3. The van der Waals surface area contributed by atoms with Gasteiger partial charge in [0.15, 0.2) is 23.2 Å². The van der Waals surface area contributed by atoms with Gasteiger partial charge in [-0.15, -0.1) is 0 Å². The molecule has 0 heterocycles. The van der Waals surface area contributed by atoms with E-state index in [1.807, 2.05) is 0 Å². The minimum absolute atomic E-state index is 0.162. The first-order chi connectivity index (χ1) is 9.91. The van der Waals surface area contributed by atoms with Crippen molar-refractivity contribution in [2.75, 3.05) is 0 Å². The van der Waals surface area contributed by atoms with Gasteiger partial charge in [0.1, 0.15) is 11.5 Å². The maximum Gasteiger partial charge on any atom is 0.187 e. The smallest absolute Gasteiger partial charge is 0.187 e. The molecule has 6 heteroatoms. The molecule has 2 aliphatic rings. The Balaban J connectivity index is 2.18. The Morgan fingerprint density at radius 3 is 2.48 bits per heavy atom. The van der Waals surface area contributed by atoms with Gasteiger partial charge in [0.25, 0.3) is 0 Å². The molecule has 2 fully saturated rings. The predicted octanol–water partition coefficient (Wildman–Crippen LogP) is 2.00. The minimum Gasteiger partial charge on any atom is -0.503 e. The van der Waals surface area contributed by atoms with E-state index in [1.54, 1.807) is 6.07 Å². The van der Waals surface area contributed by atoms with E-state index in [2.05, 4.69) is 0 Å². The topological polar surface area (TPSA) is 81.3 Å². The van der Waals surface area contributed by atoms with Gasteiger partial charge >= 0.3 is 0 Å². The van der Waals surface area contributed by atoms with Crippen LogP contribution in [-0.4, -0.2) is 16.0 Å². The van der Waals surface area contributed by atoms with Gasteiger partial charge < -0.3 is 10.2 Å². The number of Topliss-reactive ketones (excluding diaryl/α,β-unsaturated/α-hetero) is 1. The van der Waals surface area contributed by atoms with Gasteiger partial charge in [-0.3, -0.25) is 4.79 Å². The zero-order valence-corrected chi connectivity index (χ0v) is 11.0. The molecule has 0 radical (unpaired) electrons. The average Bonchev–Trinajstić information content (AvgIpc) is 3.00. The van der Waals surface area contributed by atoms with Gasteiger partial charge in [-0.25, -0.2) is 8.78 Å². The molecule has 1 aromatic rings. The van der Waals surface area contributed by atoms with Crippen molar-refractivity contribution in [1.29, 1.82) is 5.26 Å². The van der Waals surface area contributed by atoms with Crippen LogP contribution in [0.1, 0.15) is 24.8 Å². The van der Waals surface area contributed by atoms with Crippen molar-refractivity contribution in [2.45, 2.75) is 24.9 Å². The van der Waals surface area contributed by atoms with Crippen molar-refractivity contribution >= 4 is 5.78 Å². The van der Waals surface area contributed by atoms with E-state index in [4.69, 9.17) is 5.11 Å². The van der Waals surface area contributed by atoms with Crippen molar-refractivity contribution in [1.82, 2.24) is 0 Å². The third-order valence-electron chi connectivity index (χ3n) is 4.78.